The molecule has 0 bridgehead atoms. The van der Waals surface area contributed by atoms with Gasteiger partial charge in [-0.25, -0.2) is 9.78 Å². The van der Waals surface area contributed by atoms with Crippen molar-refractivity contribution in [3.63, 3.8) is 0 Å². The van der Waals surface area contributed by atoms with Crippen LogP contribution in [0.5, 0.6) is 0 Å². The average molecular weight is 455 g/mol. The van der Waals surface area contributed by atoms with Gasteiger partial charge in [0.25, 0.3) is 0 Å². The van der Waals surface area contributed by atoms with E-state index in [4.69, 9.17) is 5.73 Å². The number of aromatic nitrogens is 2. The molecule has 3 amide bonds. The number of aromatic amines is 1. The number of aliphatic hydroxyl groups excluding tert-OH is 1. The largest absolute Gasteiger partial charge is 0.480 e. The molecule has 0 spiro atoms. The third-order valence-corrected chi connectivity index (χ3v) is 4.93. The van der Waals surface area contributed by atoms with Gasteiger partial charge in [0.2, 0.25) is 17.7 Å². The van der Waals surface area contributed by atoms with Crippen molar-refractivity contribution < 1.29 is 29.4 Å². The van der Waals surface area contributed by atoms with Crippen molar-refractivity contribution in [2.75, 3.05) is 0 Å². The molecule has 1 aromatic rings. The van der Waals surface area contributed by atoms with Crippen LogP contribution in [0, 0.1) is 11.8 Å². The number of amides is 3. The number of H-pyrrole nitrogens is 1. The van der Waals surface area contributed by atoms with Crippen LogP contribution >= 0.6 is 0 Å². The lowest BCUT2D eigenvalue weighted by Crippen LogP contribution is -2.60. The summed E-state index contributed by atoms with van der Waals surface area (Å²) < 4.78 is 0. The lowest BCUT2D eigenvalue weighted by atomic mass is 10.0. The number of carboxylic acid groups (broad SMARTS) is 1. The number of carboxylic acids is 1. The molecular weight excluding hydrogens is 420 g/mol. The fraction of sp³-hybridized carbons (Fsp3) is 0.650. The first-order chi connectivity index (χ1) is 14.8. The van der Waals surface area contributed by atoms with E-state index in [1.54, 1.807) is 27.7 Å². The van der Waals surface area contributed by atoms with Crippen LogP contribution in [-0.2, 0) is 25.6 Å². The van der Waals surface area contributed by atoms with Gasteiger partial charge in [-0.05, 0) is 18.8 Å². The molecule has 0 aliphatic carbocycles. The zero-order valence-corrected chi connectivity index (χ0v) is 19.0. The highest BCUT2D eigenvalue weighted by molar-refractivity contribution is 5.94. The van der Waals surface area contributed by atoms with Gasteiger partial charge in [-0.3, -0.25) is 14.4 Å². The predicted octanol–water partition coefficient (Wildman–Crippen LogP) is -1.49. The number of nitrogens with zero attached hydrogens (tertiary/aromatic N) is 1. The molecular formula is C20H34N6O6. The molecule has 0 aromatic carbocycles. The Morgan fingerprint density at radius 3 is 2.00 bits per heavy atom. The normalized spacial score (nSPS) is 16.0. The molecule has 1 rings (SSSR count). The highest BCUT2D eigenvalue weighted by Gasteiger charge is 2.34. The van der Waals surface area contributed by atoms with Crippen LogP contribution in [0.4, 0.5) is 0 Å². The van der Waals surface area contributed by atoms with Gasteiger partial charge in [0.1, 0.15) is 18.1 Å². The summed E-state index contributed by atoms with van der Waals surface area (Å²) in [6.45, 7) is 8.03. The van der Waals surface area contributed by atoms with E-state index in [1.807, 2.05) is 0 Å². The maximum atomic E-state index is 13.0. The van der Waals surface area contributed by atoms with Gasteiger partial charge in [0.05, 0.1) is 18.5 Å². The Morgan fingerprint density at radius 1 is 0.969 bits per heavy atom. The fourth-order valence-corrected chi connectivity index (χ4v) is 2.81. The summed E-state index contributed by atoms with van der Waals surface area (Å²) in [7, 11) is 0. The Hall–Kier alpha value is -2.99. The maximum absolute atomic E-state index is 13.0. The van der Waals surface area contributed by atoms with Crippen LogP contribution in [0.2, 0.25) is 0 Å². The third kappa shape index (κ3) is 7.93. The smallest absolute Gasteiger partial charge is 0.326 e. The molecule has 0 saturated heterocycles. The standard InChI is InChI=1S/C20H34N6O6/c1-9(2)14(21)18(29)24-13(6-12-7-22-8-23-12)17(28)26-16(11(5)27)19(30)25-15(10(3)4)20(31)32/h7-11,13-16,27H,6,21H2,1-5H3,(H,22,23)(H,24,29)(H,25,30)(H,26,28)(H,31,32). The van der Waals surface area contributed by atoms with Crippen LogP contribution in [0.3, 0.4) is 0 Å². The Labute approximate surface area is 186 Å². The maximum Gasteiger partial charge on any atom is 0.326 e. The van der Waals surface area contributed by atoms with Gasteiger partial charge in [0.15, 0.2) is 0 Å². The molecule has 12 heteroatoms. The predicted molar refractivity (Wildman–Crippen MR) is 115 cm³/mol. The van der Waals surface area contributed by atoms with Crippen molar-refractivity contribution in [2.24, 2.45) is 17.6 Å². The van der Waals surface area contributed by atoms with Crippen LogP contribution < -0.4 is 21.7 Å². The summed E-state index contributed by atoms with van der Waals surface area (Å²) >= 11 is 0. The molecule has 1 heterocycles. The van der Waals surface area contributed by atoms with E-state index >= 15 is 0 Å². The van der Waals surface area contributed by atoms with Crippen LogP contribution in [-0.4, -0.2) is 74.1 Å². The topological polar surface area (TPSA) is 200 Å². The van der Waals surface area contributed by atoms with Gasteiger partial charge in [-0.2, -0.15) is 0 Å². The number of hydrogen-bond donors (Lipinski definition) is 7. The molecule has 12 nitrogen and oxygen atoms in total. The van der Waals surface area contributed by atoms with Gasteiger partial charge in [-0.1, -0.05) is 27.7 Å². The first-order valence-electron chi connectivity index (χ1n) is 10.4. The number of imidazole rings is 1. The van der Waals surface area contributed by atoms with Crippen molar-refractivity contribution in [2.45, 2.75) is 71.3 Å². The number of aliphatic hydroxyl groups is 1. The molecule has 5 unspecified atom stereocenters. The van der Waals surface area contributed by atoms with Crippen LogP contribution in [0.1, 0.15) is 40.3 Å². The summed E-state index contributed by atoms with van der Waals surface area (Å²) in [5.74, 6) is -4.00. The van der Waals surface area contributed by atoms with Gasteiger partial charge < -0.3 is 36.9 Å². The zero-order chi connectivity index (χ0) is 24.6. The number of carbonyl (C=O) groups excluding carboxylic acids is 3. The van der Waals surface area contributed by atoms with Crippen molar-refractivity contribution in [3.05, 3.63) is 18.2 Å². The van der Waals surface area contributed by atoms with E-state index in [0.717, 1.165) is 0 Å². The molecule has 0 radical (unpaired) electrons. The monoisotopic (exact) mass is 454 g/mol. The van der Waals surface area contributed by atoms with Gasteiger partial charge in [0, 0.05) is 18.3 Å². The number of aliphatic carboxylic acids is 1. The molecule has 180 valence electrons. The van der Waals surface area contributed by atoms with Crippen molar-refractivity contribution in [1.82, 2.24) is 25.9 Å². The number of nitrogens with one attached hydrogen (secondary N) is 4. The first-order valence-corrected chi connectivity index (χ1v) is 10.4. The molecule has 8 N–H and O–H groups in total. The van der Waals surface area contributed by atoms with Crippen molar-refractivity contribution >= 4 is 23.7 Å². The molecule has 0 fully saturated rings. The highest BCUT2D eigenvalue weighted by Crippen LogP contribution is 2.06. The summed E-state index contributed by atoms with van der Waals surface area (Å²) in [5.41, 5.74) is 6.42. The molecule has 0 saturated carbocycles. The quantitative estimate of drug-likeness (QED) is 0.198. The molecule has 5 atom stereocenters. The lowest BCUT2D eigenvalue weighted by Gasteiger charge is -2.27. The zero-order valence-electron chi connectivity index (χ0n) is 19.0. The van der Waals surface area contributed by atoms with Gasteiger partial charge >= 0.3 is 5.97 Å². The average Bonchev–Trinajstić information content (AvgIpc) is 3.20. The van der Waals surface area contributed by atoms with Crippen LogP contribution in [0.25, 0.3) is 0 Å². The van der Waals surface area contributed by atoms with Gasteiger partial charge in [-0.15, -0.1) is 0 Å². The van der Waals surface area contributed by atoms with E-state index < -0.39 is 59.9 Å². The second kappa shape index (κ2) is 12.2. The minimum Gasteiger partial charge on any atom is -0.480 e. The Balaban J connectivity index is 3.03. The Bertz CT molecular complexity index is 780. The van der Waals surface area contributed by atoms with Crippen molar-refractivity contribution in [1.29, 1.82) is 0 Å². The third-order valence-electron chi connectivity index (χ3n) is 4.93. The van der Waals surface area contributed by atoms with E-state index in [9.17, 15) is 29.4 Å². The summed E-state index contributed by atoms with van der Waals surface area (Å²) in [6, 6.07) is -4.62. The second-order valence-corrected chi connectivity index (χ2v) is 8.41. The number of carbonyl (C=O) groups is 4. The lowest BCUT2D eigenvalue weighted by molar-refractivity contribution is -0.144. The minimum absolute atomic E-state index is 0.0281. The summed E-state index contributed by atoms with van der Waals surface area (Å²) in [6.07, 6.45) is 1.59. The Morgan fingerprint density at radius 2 is 1.56 bits per heavy atom. The molecule has 0 aliphatic heterocycles. The summed E-state index contributed by atoms with van der Waals surface area (Å²) in [4.78, 5) is 56.1. The second-order valence-electron chi connectivity index (χ2n) is 8.41. The number of rotatable bonds is 12. The van der Waals surface area contributed by atoms with E-state index in [-0.39, 0.29) is 12.3 Å². The fourth-order valence-electron chi connectivity index (χ4n) is 2.81. The minimum atomic E-state index is -1.44. The molecule has 32 heavy (non-hydrogen) atoms. The molecule has 0 aliphatic rings. The molecule has 1 aromatic heterocycles. The number of hydrogen-bond acceptors (Lipinski definition) is 7. The highest BCUT2D eigenvalue weighted by atomic mass is 16.4. The van der Waals surface area contributed by atoms with Crippen molar-refractivity contribution in [3.8, 4) is 0 Å². The van der Waals surface area contributed by atoms with Crippen LogP contribution in [0.15, 0.2) is 12.5 Å². The van der Waals surface area contributed by atoms with E-state index in [0.29, 0.717) is 5.69 Å². The number of nitrogens with two attached hydrogens (primary N) is 1. The Kier molecular flexibility index (Phi) is 10.3. The van der Waals surface area contributed by atoms with E-state index in [2.05, 4.69) is 25.9 Å². The SMILES string of the molecule is CC(C)C(N)C(=O)NC(Cc1cnc[nH]1)C(=O)NC(C(=O)NC(C(=O)O)C(C)C)C(C)O. The van der Waals surface area contributed by atoms with E-state index in [1.165, 1.54) is 19.4 Å². The first kappa shape index (κ1) is 27.0. The summed E-state index contributed by atoms with van der Waals surface area (Å²) in [5, 5.41) is 26.6.